The predicted octanol–water partition coefficient (Wildman–Crippen LogP) is 2.93. The Kier molecular flexibility index (Phi) is 5.98. The Morgan fingerprint density at radius 1 is 1.27 bits per heavy atom. The molecule has 0 spiro atoms. The number of nitrogens with one attached hydrogen (secondary N) is 1. The summed E-state index contributed by atoms with van der Waals surface area (Å²) in [5.74, 6) is 2.65. The average molecular weight is 381 g/mol. The number of rotatable bonds is 5. The van der Waals surface area contributed by atoms with Crippen molar-refractivity contribution in [2.45, 2.75) is 57.7 Å². The Morgan fingerprint density at radius 2 is 2.00 bits per heavy atom. The topological polar surface area (TPSA) is 50.8 Å². The fraction of sp³-hybridized carbons (Fsp3) is 0.650. The molecule has 1 aromatic carbocycles. The first-order valence-corrected chi connectivity index (χ1v) is 9.52. The fourth-order valence-corrected chi connectivity index (χ4v) is 3.96. The molecule has 1 aromatic rings. The summed E-state index contributed by atoms with van der Waals surface area (Å²) in [7, 11) is 1.73. The molecule has 1 aliphatic carbocycles. The second-order valence-corrected chi connectivity index (χ2v) is 7.66. The van der Waals surface area contributed by atoms with Crippen LogP contribution in [0.5, 0.6) is 11.5 Å². The first-order chi connectivity index (χ1) is 12.1. The van der Waals surface area contributed by atoms with E-state index in [9.17, 15) is 4.79 Å². The van der Waals surface area contributed by atoms with Gasteiger partial charge in [-0.2, -0.15) is 0 Å². The summed E-state index contributed by atoms with van der Waals surface area (Å²) >= 11 is 0. The Bertz CT molecular complexity index is 655. The van der Waals surface area contributed by atoms with Crippen molar-refractivity contribution >= 4 is 18.3 Å². The molecule has 4 rings (SSSR count). The summed E-state index contributed by atoms with van der Waals surface area (Å²) in [5, 5.41) is 3.65. The van der Waals surface area contributed by atoms with Gasteiger partial charge in [-0.3, -0.25) is 4.79 Å². The number of carbonyl (C=O) groups excluding carboxylic acids is 1. The lowest BCUT2D eigenvalue weighted by molar-refractivity contribution is -0.133. The molecule has 1 unspecified atom stereocenters. The lowest BCUT2D eigenvalue weighted by Gasteiger charge is -2.32. The van der Waals surface area contributed by atoms with Gasteiger partial charge in [0, 0.05) is 49.1 Å². The molecule has 3 aliphatic rings. The number of benzene rings is 1. The van der Waals surface area contributed by atoms with Gasteiger partial charge in [0.1, 0.15) is 17.6 Å². The molecule has 1 N–H and O–H groups in total. The molecule has 1 amide bonds. The molecule has 5 nitrogen and oxygen atoms in total. The minimum atomic E-state index is 0. The highest BCUT2D eigenvalue weighted by Crippen LogP contribution is 2.35. The van der Waals surface area contributed by atoms with Crippen LogP contribution in [0.2, 0.25) is 0 Å². The number of ether oxygens (including phenoxy) is 2. The van der Waals surface area contributed by atoms with E-state index < -0.39 is 0 Å². The second kappa shape index (κ2) is 8.05. The zero-order valence-electron chi connectivity index (χ0n) is 15.6. The minimum Gasteiger partial charge on any atom is -0.496 e. The molecule has 144 valence electrons. The lowest BCUT2D eigenvalue weighted by atomic mass is 10.0. The predicted molar refractivity (Wildman–Crippen MR) is 103 cm³/mol. The van der Waals surface area contributed by atoms with E-state index in [1.165, 1.54) is 5.56 Å². The van der Waals surface area contributed by atoms with Crippen LogP contribution in [0.15, 0.2) is 12.1 Å². The first-order valence-electron chi connectivity index (χ1n) is 9.52. The van der Waals surface area contributed by atoms with E-state index in [1.54, 1.807) is 7.11 Å². The number of hydrogen-bond donors (Lipinski definition) is 1. The van der Waals surface area contributed by atoms with E-state index in [4.69, 9.17) is 9.47 Å². The number of hydrogen-bond acceptors (Lipinski definition) is 4. The summed E-state index contributed by atoms with van der Waals surface area (Å²) in [6, 6.07) is 4.70. The standard InChI is InChI=1S/C20H28N2O3.ClH/c1-13-9-15-10-18(24-2)16(11-19(15)25-13)12-21-17-5-7-22(8-6-17)20(23)14-3-4-14;/h10-11,13-14,17,21H,3-9,12H2,1-2H3;1H. The quantitative estimate of drug-likeness (QED) is 0.853. The molecule has 1 saturated heterocycles. The summed E-state index contributed by atoms with van der Waals surface area (Å²) in [6.45, 7) is 4.64. The third-order valence-corrected chi connectivity index (χ3v) is 5.61. The number of halogens is 1. The van der Waals surface area contributed by atoms with Crippen molar-refractivity contribution in [1.82, 2.24) is 10.2 Å². The van der Waals surface area contributed by atoms with Crippen LogP contribution in [0.25, 0.3) is 0 Å². The van der Waals surface area contributed by atoms with E-state index in [1.807, 2.05) is 0 Å². The zero-order chi connectivity index (χ0) is 17.4. The van der Waals surface area contributed by atoms with E-state index in [0.29, 0.717) is 17.9 Å². The Hall–Kier alpha value is -1.46. The van der Waals surface area contributed by atoms with Crippen molar-refractivity contribution in [1.29, 1.82) is 0 Å². The highest BCUT2D eigenvalue weighted by atomic mass is 35.5. The van der Waals surface area contributed by atoms with Crippen molar-refractivity contribution in [2.75, 3.05) is 20.2 Å². The maximum Gasteiger partial charge on any atom is 0.225 e. The first kappa shape index (κ1) is 19.3. The molecule has 0 radical (unpaired) electrons. The number of carbonyl (C=O) groups is 1. The maximum atomic E-state index is 12.1. The third kappa shape index (κ3) is 4.09. The number of piperidine rings is 1. The van der Waals surface area contributed by atoms with Gasteiger partial charge in [-0.25, -0.2) is 0 Å². The highest BCUT2D eigenvalue weighted by molar-refractivity contribution is 5.85. The van der Waals surface area contributed by atoms with Gasteiger partial charge >= 0.3 is 0 Å². The van der Waals surface area contributed by atoms with Gasteiger partial charge in [0.2, 0.25) is 5.91 Å². The van der Waals surface area contributed by atoms with Crippen molar-refractivity contribution in [2.24, 2.45) is 5.92 Å². The van der Waals surface area contributed by atoms with Crippen LogP contribution in [0, 0.1) is 5.92 Å². The molecule has 6 heteroatoms. The largest absolute Gasteiger partial charge is 0.496 e. The number of nitrogens with zero attached hydrogens (tertiary/aromatic N) is 1. The highest BCUT2D eigenvalue weighted by Gasteiger charge is 2.34. The molecular formula is C20H29ClN2O3. The maximum absolute atomic E-state index is 12.1. The lowest BCUT2D eigenvalue weighted by Crippen LogP contribution is -2.45. The zero-order valence-corrected chi connectivity index (χ0v) is 16.4. The van der Waals surface area contributed by atoms with Crippen molar-refractivity contribution < 1.29 is 14.3 Å². The van der Waals surface area contributed by atoms with E-state index in [0.717, 1.165) is 68.8 Å². The van der Waals surface area contributed by atoms with E-state index >= 15 is 0 Å². The number of methoxy groups -OCH3 is 1. The van der Waals surface area contributed by atoms with Crippen LogP contribution in [-0.4, -0.2) is 43.2 Å². The van der Waals surface area contributed by atoms with Crippen LogP contribution in [-0.2, 0) is 17.8 Å². The average Bonchev–Trinajstić information content (AvgIpc) is 3.40. The minimum absolute atomic E-state index is 0. The van der Waals surface area contributed by atoms with Gasteiger partial charge in [0.05, 0.1) is 7.11 Å². The number of amides is 1. The van der Waals surface area contributed by atoms with Crippen molar-refractivity contribution in [3.63, 3.8) is 0 Å². The molecular weight excluding hydrogens is 352 g/mol. The Morgan fingerprint density at radius 3 is 2.65 bits per heavy atom. The Balaban J connectivity index is 0.00000196. The molecule has 0 bridgehead atoms. The van der Waals surface area contributed by atoms with Gasteiger partial charge in [-0.15, -0.1) is 12.4 Å². The van der Waals surface area contributed by atoms with Crippen LogP contribution in [0.3, 0.4) is 0 Å². The second-order valence-electron chi connectivity index (χ2n) is 7.66. The molecule has 2 heterocycles. The molecule has 1 atom stereocenters. The third-order valence-electron chi connectivity index (χ3n) is 5.61. The molecule has 1 saturated carbocycles. The molecule has 26 heavy (non-hydrogen) atoms. The molecule has 0 aromatic heterocycles. The monoisotopic (exact) mass is 380 g/mol. The summed E-state index contributed by atoms with van der Waals surface area (Å²) in [6.07, 6.45) is 5.44. The van der Waals surface area contributed by atoms with Gasteiger partial charge in [0.25, 0.3) is 0 Å². The molecule has 2 aliphatic heterocycles. The van der Waals surface area contributed by atoms with Gasteiger partial charge < -0.3 is 19.7 Å². The van der Waals surface area contributed by atoms with Crippen molar-refractivity contribution in [3.8, 4) is 11.5 Å². The van der Waals surface area contributed by atoms with Gasteiger partial charge in [0.15, 0.2) is 0 Å². The smallest absolute Gasteiger partial charge is 0.225 e. The number of likely N-dealkylation sites (tertiary alicyclic amines) is 1. The molecule has 2 fully saturated rings. The summed E-state index contributed by atoms with van der Waals surface area (Å²) in [4.78, 5) is 14.2. The fourth-order valence-electron chi connectivity index (χ4n) is 3.96. The SMILES string of the molecule is COc1cc2c(cc1CNC1CCN(C(=O)C3CC3)CC1)OC(C)C2.Cl. The van der Waals surface area contributed by atoms with E-state index in [2.05, 4.69) is 29.3 Å². The van der Waals surface area contributed by atoms with Crippen LogP contribution >= 0.6 is 12.4 Å². The van der Waals surface area contributed by atoms with Gasteiger partial charge in [-0.1, -0.05) is 0 Å². The van der Waals surface area contributed by atoms with Crippen LogP contribution in [0.1, 0.15) is 43.7 Å². The normalized spacial score (nSPS) is 22.4. The summed E-state index contributed by atoms with van der Waals surface area (Å²) < 4.78 is 11.5. The number of fused-ring (bicyclic) bond motifs is 1. The Labute approximate surface area is 161 Å². The van der Waals surface area contributed by atoms with E-state index in [-0.39, 0.29) is 18.5 Å². The van der Waals surface area contributed by atoms with Crippen LogP contribution < -0.4 is 14.8 Å². The summed E-state index contributed by atoms with van der Waals surface area (Å²) in [5.41, 5.74) is 2.38. The van der Waals surface area contributed by atoms with Crippen molar-refractivity contribution in [3.05, 3.63) is 23.3 Å². The van der Waals surface area contributed by atoms with Crippen LogP contribution in [0.4, 0.5) is 0 Å². The van der Waals surface area contributed by atoms with Gasteiger partial charge in [-0.05, 0) is 44.7 Å².